The first kappa shape index (κ1) is 11.8. The highest BCUT2D eigenvalue weighted by Crippen LogP contribution is 2.37. The molecule has 0 saturated heterocycles. The number of carboxylic acid groups (broad SMARTS) is 1. The minimum absolute atomic E-state index is 0.196. The molecule has 1 aromatic rings. The van der Waals surface area contributed by atoms with Crippen LogP contribution in [0.2, 0.25) is 0 Å². The van der Waals surface area contributed by atoms with Crippen LogP contribution >= 0.6 is 0 Å². The van der Waals surface area contributed by atoms with Gasteiger partial charge in [0.05, 0.1) is 11.8 Å². The number of hydrogen-bond acceptors (Lipinski definition) is 3. The Bertz CT molecular complexity index is 480. The zero-order valence-electron chi connectivity index (χ0n) is 9.93. The molecule has 0 fully saturated rings. The molecule has 17 heavy (non-hydrogen) atoms. The highest BCUT2D eigenvalue weighted by Gasteiger charge is 2.23. The third-order valence-corrected chi connectivity index (χ3v) is 2.81. The molecule has 0 saturated carbocycles. The predicted molar refractivity (Wildman–Crippen MR) is 64.9 cm³/mol. The van der Waals surface area contributed by atoms with Crippen molar-refractivity contribution in [3.63, 3.8) is 0 Å². The molecule has 0 aliphatic carbocycles. The fraction of sp³-hybridized carbons (Fsp3) is 0.385. The van der Waals surface area contributed by atoms with Gasteiger partial charge in [0, 0.05) is 17.7 Å². The van der Waals surface area contributed by atoms with Gasteiger partial charge in [0.15, 0.2) is 0 Å². The van der Waals surface area contributed by atoms with Crippen LogP contribution in [-0.2, 0) is 9.53 Å². The Morgan fingerprint density at radius 1 is 1.53 bits per heavy atom. The van der Waals surface area contributed by atoms with Gasteiger partial charge in [-0.25, -0.2) is 4.79 Å². The molecule has 2 rings (SSSR count). The molecule has 1 N–H and O–H groups in total. The number of nitrogens with zero attached hydrogens (tertiary/aromatic N) is 1. The molecule has 0 radical (unpaired) electrons. The number of ether oxygens (including phenoxy) is 1. The smallest absolute Gasteiger partial charge is 0.329 e. The fourth-order valence-electron chi connectivity index (χ4n) is 2.03. The van der Waals surface area contributed by atoms with E-state index in [0.717, 1.165) is 22.5 Å². The third-order valence-electron chi connectivity index (χ3n) is 2.81. The lowest BCUT2D eigenvalue weighted by Gasteiger charge is -2.24. The van der Waals surface area contributed by atoms with Crippen LogP contribution in [0.25, 0.3) is 0 Å². The average molecular weight is 233 g/mol. The summed E-state index contributed by atoms with van der Waals surface area (Å²) in [5.41, 5.74) is 3.97. The maximum Gasteiger partial charge on any atom is 0.329 e. The molecule has 0 unspecified atom stereocenters. The maximum atomic E-state index is 10.5. The van der Waals surface area contributed by atoms with E-state index in [1.807, 2.05) is 32.0 Å². The monoisotopic (exact) mass is 233 g/mol. The van der Waals surface area contributed by atoms with E-state index in [1.54, 1.807) is 0 Å². The zero-order valence-corrected chi connectivity index (χ0v) is 9.93. The van der Waals surface area contributed by atoms with Crippen molar-refractivity contribution in [3.8, 4) is 0 Å². The number of benzene rings is 1. The molecular formula is C13H15NO3. The number of fused-ring (bicyclic) bond motifs is 1. The molecule has 1 aliphatic heterocycles. The second-order valence-corrected chi connectivity index (χ2v) is 4.26. The van der Waals surface area contributed by atoms with Crippen LogP contribution in [0.15, 0.2) is 23.2 Å². The largest absolute Gasteiger partial charge is 0.480 e. The predicted octanol–water partition coefficient (Wildman–Crippen LogP) is 2.63. The summed E-state index contributed by atoms with van der Waals surface area (Å²) in [6.45, 7) is 3.66. The minimum Gasteiger partial charge on any atom is -0.480 e. The highest BCUT2D eigenvalue weighted by molar-refractivity contribution is 5.88. The van der Waals surface area contributed by atoms with Crippen LogP contribution in [0.4, 0.5) is 5.69 Å². The Hall–Kier alpha value is -1.68. The summed E-state index contributed by atoms with van der Waals surface area (Å²) >= 11 is 0. The van der Waals surface area contributed by atoms with Gasteiger partial charge in [-0.1, -0.05) is 18.2 Å². The van der Waals surface area contributed by atoms with E-state index >= 15 is 0 Å². The van der Waals surface area contributed by atoms with Crippen LogP contribution < -0.4 is 0 Å². The molecule has 1 aliphatic rings. The van der Waals surface area contributed by atoms with Crippen molar-refractivity contribution in [2.75, 3.05) is 6.61 Å². The second kappa shape index (κ2) is 4.67. The number of carbonyl (C=O) groups is 1. The molecule has 1 heterocycles. The number of aryl methyl sites for hydroxylation is 1. The van der Waals surface area contributed by atoms with Crippen molar-refractivity contribution < 1.29 is 14.6 Å². The van der Waals surface area contributed by atoms with E-state index in [2.05, 4.69) is 4.99 Å². The number of carboxylic acids is 1. The molecule has 90 valence electrons. The fourth-order valence-corrected chi connectivity index (χ4v) is 2.03. The van der Waals surface area contributed by atoms with E-state index in [0.29, 0.717) is 6.42 Å². The standard InChI is InChI=1S/C13H15NO3/c1-8-4-3-5-10-11(17-7-12(15)16)6-9(2)14-13(8)10/h3-5,11H,6-7H2,1-2H3,(H,15,16)/t11-/m1/s1. The van der Waals surface area contributed by atoms with Crippen LogP contribution in [0.5, 0.6) is 0 Å². The number of para-hydroxylation sites is 1. The van der Waals surface area contributed by atoms with Gasteiger partial charge in [-0.2, -0.15) is 0 Å². The van der Waals surface area contributed by atoms with Gasteiger partial charge in [-0.05, 0) is 19.4 Å². The topological polar surface area (TPSA) is 58.9 Å². The molecule has 0 aromatic heterocycles. The van der Waals surface area contributed by atoms with Gasteiger partial charge in [0.1, 0.15) is 6.61 Å². The van der Waals surface area contributed by atoms with Crippen molar-refractivity contribution in [2.45, 2.75) is 26.4 Å². The zero-order chi connectivity index (χ0) is 12.4. The van der Waals surface area contributed by atoms with Gasteiger partial charge < -0.3 is 9.84 Å². The summed E-state index contributed by atoms with van der Waals surface area (Å²) in [5.74, 6) is -0.945. The Balaban J connectivity index is 2.30. The summed E-state index contributed by atoms with van der Waals surface area (Å²) in [6.07, 6.45) is 0.461. The van der Waals surface area contributed by atoms with Crippen molar-refractivity contribution in [1.82, 2.24) is 0 Å². The lowest BCUT2D eigenvalue weighted by molar-refractivity contribution is -0.144. The number of aliphatic imine (C=N–C) groups is 1. The lowest BCUT2D eigenvalue weighted by atomic mass is 9.96. The second-order valence-electron chi connectivity index (χ2n) is 4.26. The summed E-state index contributed by atoms with van der Waals surface area (Å²) in [7, 11) is 0. The van der Waals surface area contributed by atoms with Gasteiger partial charge in [-0.15, -0.1) is 0 Å². The van der Waals surface area contributed by atoms with E-state index in [9.17, 15) is 4.79 Å². The summed E-state index contributed by atoms with van der Waals surface area (Å²) in [4.78, 5) is 15.1. The quantitative estimate of drug-likeness (QED) is 0.873. The van der Waals surface area contributed by atoms with Gasteiger partial charge in [0.2, 0.25) is 0 Å². The van der Waals surface area contributed by atoms with Gasteiger partial charge in [-0.3, -0.25) is 4.99 Å². The van der Waals surface area contributed by atoms with E-state index in [1.165, 1.54) is 0 Å². The molecular weight excluding hydrogens is 218 g/mol. The van der Waals surface area contributed by atoms with E-state index in [-0.39, 0.29) is 12.7 Å². The third kappa shape index (κ3) is 2.53. The summed E-state index contributed by atoms with van der Waals surface area (Å²) in [6, 6.07) is 5.89. The van der Waals surface area contributed by atoms with Crippen molar-refractivity contribution in [1.29, 1.82) is 0 Å². The van der Waals surface area contributed by atoms with Crippen molar-refractivity contribution in [2.24, 2.45) is 4.99 Å². The SMILES string of the molecule is CC1=Nc2c(C)cccc2[C@H](OCC(=O)O)C1. The first-order valence-corrected chi connectivity index (χ1v) is 5.55. The molecule has 0 amide bonds. The number of hydrogen-bond donors (Lipinski definition) is 1. The first-order chi connectivity index (χ1) is 8.08. The Kier molecular flexibility index (Phi) is 3.24. The Morgan fingerprint density at radius 2 is 2.29 bits per heavy atom. The Morgan fingerprint density at radius 3 is 3.00 bits per heavy atom. The van der Waals surface area contributed by atoms with E-state index in [4.69, 9.17) is 9.84 Å². The van der Waals surface area contributed by atoms with Crippen LogP contribution in [0.1, 0.15) is 30.6 Å². The van der Waals surface area contributed by atoms with Crippen molar-refractivity contribution >= 4 is 17.4 Å². The van der Waals surface area contributed by atoms with Gasteiger partial charge >= 0.3 is 5.97 Å². The molecule has 0 bridgehead atoms. The van der Waals surface area contributed by atoms with Crippen LogP contribution in [-0.4, -0.2) is 23.4 Å². The summed E-state index contributed by atoms with van der Waals surface area (Å²) < 4.78 is 5.42. The minimum atomic E-state index is -0.945. The highest BCUT2D eigenvalue weighted by atomic mass is 16.5. The average Bonchev–Trinajstić information content (AvgIpc) is 2.27. The van der Waals surface area contributed by atoms with E-state index < -0.39 is 5.97 Å². The molecule has 1 atom stereocenters. The van der Waals surface area contributed by atoms with Crippen molar-refractivity contribution in [3.05, 3.63) is 29.3 Å². The molecule has 1 aromatic carbocycles. The number of aliphatic carboxylic acids is 1. The molecule has 0 spiro atoms. The first-order valence-electron chi connectivity index (χ1n) is 5.55. The lowest BCUT2D eigenvalue weighted by Crippen LogP contribution is -2.17. The molecule has 4 heteroatoms. The van der Waals surface area contributed by atoms with Crippen LogP contribution in [0, 0.1) is 6.92 Å². The Labute approximate surface area is 99.9 Å². The van der Waals surface area contributed by atoms with Crippen LogP contribution in [0.3, 0.4) is 0 Å². The maximum absolute atomic E-state index is 10.5. The van der Waals surface area contributed by atoms with Gasteiger partial charge in [0.25, 0.3) is 0 Å². The summed E-state index contributed by atoms with van der Waals surface area (Å²) in [5, 5.41) is 8.66. The normalized spacial score (nSPS) is 18.5. The molecule has 4 nitrogen and oxygen atoms in total. The number of rotatable bonds is 3.